The fourth-order valence-corrected chi connectivity index (χ4v) is 3.88. The van der Waals surface area contributed by atoms with Crippen LogP contribution in [0, 0.1) is 25.6 Å². The first-order valence-electron chi connectivity index (χ1n) is 8.76. The Morgan fingerprint density at radius 2 is 1.86 bits per heavy atom. The molecule has 29 heavy (non-hydrogen) atoms. The van der Waals surface area contributed by atoms with Gasteiger partial charge in [0, 0.05) is 45.8 Å². The Kier molecular flexibility index (Phi) is 4.94. The van der Waals surface area contributed by atoms with Gasteiger partial charge < -0.3 is 4.57 Å². The predicted octanol–water partition coefficient (Wildman–Crippen LogP) is 5.14. The SMILES string of the molecule is Cc1cc(-c2csc(NC(=O)c3ccnc(F)c3)n2)c(C)n1-c1ccc(F)cc1. The zero-order valence-corrected chi connectivity index (χ0v) is 16.4. The average molecular weight is 410 g/mol. The van der Waals surface area contributed by atoms with Gasteiger partial charge in [-0.05, 0) is 50.2 Å². The highest BCUT2D eigenvalue weighted by Crippen LogP contribution is 2.31. The minimum atomic E-state index is -0.717. The summed E-state index contributed by atoms with van der Waals surface area (Å²) >= 11 is 1.28. The van der Waals surface area contributed by atoms with E-state index < -0.39 is 11.9 Å². The molecule has 5 nitrogen and oxygen atoms in total. The van der Waals surface area contributed by atoms with E-state index in [2.05, 4.69) is 15.3 Å². The Bertz CT molecular complexity index is 1200. The molecule has 0 atom stereocenters. The number of aromatic nitrogens is 3. The molecule has 4 rings (SSSR count). The number of carbonyl (C=O) groups excluding carboxylic acids is 1. The molecule has 1 N–H and O–H groups in total. The number of nitrogens with one attached hydrogen (secondary N) is 1. The van der Waals surface area contributed by atoms with Crippen LogP contribution in [-0.4, -0.2) is 20.4 Å². The van der Waals surface area contributed by atoms with Crippen molar-refractivity contribution in [2.45, 2.75) is 13.8 Å². The molecule has 1 aromatic carbocycles. The van der Waals surface area contributed by atoms with Crippen molar-refractivity contribution in [2.75, 3.05) is 5.32 Å². The van der Waals surface area contributed by atoms with E-state index in [-0.39, 0.29) is 11.4 Å². The molecule has 0 bridgehead atoms. The number of rotatable bonds is 4. The van der Waals surface area contributed by atoms with E-state index in [0.29, 0.717) is 10.8 Å². The van der Waals surface area contributed by atoms with Gasteiger partial charge in [-0.1, -0.05) is 0 Å². The number of halogens is 2. The van der Waals surface area contributed by atoms with E-state index in [1.54, 1.807) is 12.1 Å². The van der Waals surface area contributed by atoms with Gasteiger partial charge >= 0.3 is 0 Å². The molecule has 1 amide bonds. The van der Waals surface area contributed by atoms with Gasteiger partial charge in [0.15, 0.2) is 5.13 Å². The number of pyridine rings is 1. The second-order valence-electron chi connectivity index (χ2n) is 6.46. The highest BCUT2D eigenvalue weighted by Gasteiger charge is 2.16. The molecule has 0 aliphatic carbocycles. The van der Waals surface area contributed by atoms with E-state index >= 15 is 0 Å². The van der Waals surface area contributed by atoms with Crippen molar-refractivity contribution < 1.29 is 13.6 Å². The molecular weight excluding hydrogens is 394 g/mol. The Morgan fingerprint density at radius 3 is 2.59 bits per heavy atom. The molecule has 0 aliphatic rings. The third-order valence-corrected chi connectivity index (χ3v) is 5.26. The van der Waals surface area contributed by atoms with E-state index in [0.717, 1.165) is 28.7 Å². The quantitative estimate of drug-likeness (QED) is 0.474. The van der Waals surface area contributed by atoms with Crippen LogP contribution in [0.1, 0.15) is 21.7 Å². The lowest BCUT2D eigenvalue weighted by molar-refractivity contribution is 0.102. The summed E-state index contributed by atoms with van der Waals surface area (Å²) in [5.41, 5.74) is 4.59. The maximum absolute atomic E-state index is 13.2. The summed E-state index contributed by atoms with van der Waals surface area (Å²) in [5, 5.41) is 4.94. The van der Waals surface area contributed by atoms with Gasteiger partial charge in [0.25, 0.3) is 5.91 Å². The summed E-state index contributed by atoms with van der Waals surface area (Å²) in [6.07, 6.45) is 1.24. The lowest BCUT2D eigenvalue weighted by Crippen LogP contribution is -2.12. The van der Waals surface area contributed by atoms with E-state index in [4.69, 9.17) is 0 Å². The van der Waals surface area contributed by atoms with Gasteiger partial charge in [-0.25, -0.2) is 14.4 Å². The normalized spacial score (nSPS) is 10.9. The molecule has 8 heteroatoms. The topological polar surface area (TPSA) is 59.8 Å². The van der Waals surface area contributed by atoms with Crippen LogP contribution in [0.4, 0.5) is 13.9 Å². The smallest absolute Gasteiger partial charge is 0.257 e. The standard InChI is InChI=1S/C21H16F2N4OS/c1-12-9-17(13(2)27(12)16-5-3-15(22)4-6-16)18-11-29-21(25-18)26-20(28)14-7-8-24-19(23)10-14/h3-11H,1-2H3,(H,25,26,28). The van der Waals surface area contributed by atoms with Crippen LogP contribution in [0.15, 0.2) is 54.0 Å². The van der Waals surface area contributed by atoms with Gasteiger partial charge in [0.2, 0.25) is 5.95 Å². The van der Waals surface area contributed by atoms with E-state index in [9.17, 15) is 13.6 Å². The molecule has 0 spiro atoms. The minimum absolute atomic E-state index is 0.170. The lowest BCUT2D eigenvalue weighted by Gasteiger charge is -2.09. The summed E-state index contributed by atoms with van der Waals surface area (Å²) in [6, 6.07) is 10.8. The van der Waals surface area contributed by atoms with Crippen molar-refractivity contribution in [3.63, 3.8) is 0 Å². The summed E-state index contributed by atoms with van der Waals surface area (Å²) in [7, 11) is 0. The third kappa shape index (κ3) is 3.79. The fourth-order valence-electron chi connectivity index (χ4n) is 3.18. The number of aryl methyl sites for hydroxylation is 1. The average Bonchev–Trinajstić information content (AvgIpc) is 3.26. The van der Waals surface area contributed by atoms with Crippen LogP contribution in [0.2, 0.25) is 0 Å². The number of hydrogen-bond acceptors (Lipinski definition) is 4. The van der Waals surface area contributed by atoms with Crippen LogP contribution >= 0.6 is 11.3 Å². The maximum atomic E-state index is 13.2. The largest absolute Gasteiger partial charge is 0.318 e. The molecular formula is C21H16F2N4OS. The summed E-state index contributed by atoms with van der Waals surface area (Å²) in [6.45, 7) is 3.93. The molecule has 0 unspecified atom stereocenters. The molecule has 0 aliphatic heterocycles. The first kappa shape index (κ1) is 18.9. The van der Waals surface area contributed by atoms with Crippen LogP contribution in [0.5, 0.6) is 0 Å². The number of carbonyl (C=O) groups is 1. The highest BCUT2D eigenvalue weighted by molar-refractivity contribution is 7.14. The van der Waals surface area contributed by atoms with E-state index in [1.165, 1.54) is 35.7 Å². The number of anilines is 1. The summed E-state index contributed by atoms with van der Waals surface area (Å²) < 4.78 is 28.5. The van der Waals surface area contributed by atoms with Gasteiger partial charge in [-0.3, -0.25) is 10.1 Å². The van der Waals surface area contributed by atoms with Crippen molar-refractivity contribution in [1.82, 2.24) is 14.5 Å². The molecule has 3 aromatic heterocycles. The Morgan fingerprint density at radius 1 is 1.10 bits per heavy atom. The van der Waals surface area contributed by atoms with Crippen LogP contribution in [0.3, 0.4) is 0 Å². The second-order valence-corrected chi connectivity index (χ2v) is 7.31. The molecule has 146 valence electrons. The van der Waals surface area contributed by atoms with Crippen molar-refractivity contribution in [3.8, 4) is 16.9 Å². The highest BCUT2D eigenvalue weighted by atomic mass is 32.1. The molecule has 3 heterocycles. The Hall–Kier alpha value is -3.39. The Balaban J connectivity index is 1.61. The number of thiazole rings is 1. The number of amides is 1. The van der Waals surface area contributed by atoms with Gasteiger partial charge in [-0.15, -0.1) is 11.3 Å². The first-order chi connectivity index (χ1) is 13.9. The molecule has 0 saturated heterocycles. The monoisotopic (exact) mass is 410 g/mol. The number of hydrogen-bond donors (Lipinski definition) is 1. The Labute approximate surface area is 169 Å². The van der Waals surface area contributed by atoms with E-state index in [1.807, 2.05) is 29.9 Å². The van der Waals surface area contributed by atoms with Crippen molar-refractivity contribution in [1.29, 1.82) is 0 Å². The zero-order valence-electron chi connectivity index (χ0n) is 15.6. The maximum Gasteiger partial charge on any atom is 0.257 e. The first-order valence-corrected chi connectivity index (χ1v) is 9.64. The van der Waals surface area contributed by atoms with Crippen LogP contribution in [0.25, 0.3) is 16.9 Å². The molecule has 0 radical (unpaired) electrons. The van der Waals surface area contributed by atoms with Gasteiger partial charge in [-0.2, -0.15) is 4.39 Å². The molecule has 0 fully saturated rings. The van der Waals surface area contributed by atoms with Crippen molar-refractivity contribution >= 4 is 22.4 Å². The second kappa shape index (κ2) is 7.56. The molecule has 4 aromatic rings. The predicted molar refractivity (Wildman–Crippen MR) is 108 cm³/mol. The minimum Gasteiger partial charge on any atom is -0.318 e. The zero-order chi connectivity index (χ0) is 20.5. The van der Waals surface area contributed by atoms with Gasteiger partial charge in [0.1, 0.15) is 5.82 Å². The van der Waals surface area contributed by atoms with Crippen LogP contribution in [-0.2, 0) is 0 Å². The summed E-state index contributed by atoms with van der Waals surface area (Å²) in [5.74, 6) is -1.46. The third-order valence-electron chi connectivity index (χ3n) is 4.51. The molecule has 0 saturated carbocycles. The van der Waals surface area contributed by atoms with Crippen molar-refractivity contribution in [3.05, 3.63) is 82.8 Å². The van der Waals surface area contributed by atoms with Gasteiger partial charge in [0.05, 0.1) is 5.69 Å². The summed E-state index contributed by atoms with van der Waals surface area (Å²) in [4.78, 5) is 20.2. The van der Waals surface area contributed by atoms with Crippen molar-refractivity contribution in [2.24, 2.45) is 0 Å². The van der Waals surface area contributed by atoms with Crippen LogP contribution < -0.4 is 5.32 Å². The lowest BCUT2D eigenvalue weighted by atomic mass is 10.2. The number of benzene rings is 1. The fraction of sp³-hybridized carbons (Fsp3) is 0.0952. The number of nitrogens with zero attached hydrogens (tertiary/aromatic N) is 3.